The average Bonchev–Trinajstić information content (AvgIpc) is 2.36. The molecular formula is C16H12F2O. The number of benzene rings is 2. The molecule has 0 heterocycles. The Morgan fingerprint density at radius 3 is 2.32 bits per heavy atom. The lowest BCUT2D eigenvalue weighted by Gasteiger charge is -2.00. The minimum absolute atomic E-state index is 0.522. The van der Waals surface area contributed by atoms with Gasteiger partial charge in [0.2, 0.25) is 0 Å². The van der Waals surface area contributed by atoms with Crippen molar-refractivity contribution in [3.8, 4) is 0 Å². The Morgan fingerprint density at radius 2 is 1.68 bits per heavy atom. The van der Waals surface area contributed by atoms with E-state index in [1.165, 1.54) is 12.1 Å². The van der Waals surface area contributed by atoms with Crippen LogP contribution < -0.4 is 0 Å². The quantitative estimate of drug-likeness (QED) is 0.596. The molecule has 3 heteroatoms. The Balaban J connectivity index is 2.27. The number of halogens is 2. The number of carbonyl (C=O) groups excluding carboxylic acids is 1. The second-order valence-corrected chi connectivity index (χ2v) is 4.21. The maximum Gasteiger partial charge on any atom is 0.191 e. The van der Waals surface area contributed by atoms with E-state index in [-0.39, 0.29) is 0 Å². The highest BCUT2D eigenvalue weighted by Crippen LogP contribution is 2.14. The minimum atomic E-state index is -0.848. The van der Waals surface area contributed by atoms with Gasteiger partial charge in [0, 0.05) is 0 Å². The molecule has 0 radical (unpaired) electrons. The number of carbonyl (C=O) groups is 1. The largest absolute Gasteiger partial charge is 0.289 e. The van der Waals surface area contributed by atoms with Crippen molar-refractivity contribution in [2.24, 2.45) is 0 Å². The van der Waals surface area contributed by atoms with Gasteiger partial charge in [-0.3, -0.25) is 4.79 Å². The smallest absolute Gasteiger partial charge is 0.191 e. The SMILES string of the molecule is Cc1cccc(/C=C/C(=O)c2c(F)cccc2F)c1. The van der Waals surface area contributed by atoms with Gasteiger partial charge in [-0.25, -0.2) is 8.78 Å². The molecule has 0 aliphatic heterocycles. The van der Waals surface area contributed by atoms with Crippen molar-refractivity contribution in [1.82, 2.24) is 0 Å². The van der Waals surface area contributed by atoms with Crippen LogP contribution in [0.2, 0.25) is 0 Å². The topological polar surface area (TPSA) is 17.1 Å². The van der Waals surface area contributed by atoms with Crippen LogP contribution in [0.5, 0.6) is 0 Å². The third-order valence-corrected chi connectivity index (χ3v) is 2.68. The van der Waals surface area contributed by atoms with Crippen molar-refractivity contribution in [3.05, 3.63) is 76.9 Å². The summed E-state index contributed by atoms with van der Waals surface area (Å²) in [4.78, 5) is 11.8. The summed E-state index contributed by atoms with van der Waals surface area (Å²) in [7, 11) is 0. The van der Waals surface area contributed by atoms with Gasteiger partial charge in [-0.1, -0.05) is 42.0 Å². The predicted molar refractivity (Wildman–Crippen MR) is 70.9 cm³/mol. The van der Waals surface area contributed by atoms with Crippen LogP contribution in [0.15, 0.2) is 48.5 Å². The second kappa shape index (κ2) is 5.57. The van der Waals surface area contributed by atoms with E-state index in [1.54, 1.807) is 6.08 Å². The molecule has 0 atom stereocenters. The van der Waals surface area contributed by atoms with Gasteiger partial charge in [-0.15, -0.1) is 0 Å². The molecule has 0 amide bonds. The molecule has 2 aromatic rings. The van der Waals surface area contributed by atoms with Crippen LogP contribution in [0, 0.1) is 18.6 Å². The first-order valence-electron chi connectivity index (χ1n) is 5.81. The Morgan fingerprint density at radius 1 is 1.05 bits per heavy atom. The number of hydrogen-bond acceptors (Lipinski definition) is 1. The highest BCUT2D eigenvalue weighted by atomic mass is 19.1. The van der Waals surface area contributed by atoms with E-state index in [2.05, 4.69) is 0 Å². The maximum atomic E-state index is 13.4. The molecule has 1 nitrogen and oxygen atoms in total. The van der Waals surface area contributed by atoms with Gasteiger partial charge in [0.25, 0.3) is 0 Å². The molecule has 0 bridgehead atoms. The molecule has 0 unspecified atom stereocenters. The molecule has 0 aliphatic rings. The Hall–Kier alpha value is -2.29. The van der Waals surface area contributed by atoms with Gasteiger partial charge in [-0.2, -0.15) is 0 Å². The van der Waals surface area contributed by atoms with Gasteiger partial charge in [0.15, 0.2) is 5.78 Å². The standard InChI is InChI=1S/C16H12F2O/c1-11-4-2-5-12(10-11)8-9-15(19)16-13(17)6-3-7-14(16)18/h2-10H,1H3/b9-8+. The molecule has 96 valence electrons. The molecule has 0 N–H and O–H groups in total. The summed E-state index contributed by atoms with van der Waals surface area (Å²) in [6.07, 6.45) is 2.72. The lowest BCUT2D eigenvalue weighted by molar-refractivity contribution is 0.104. The van der Waals surface area contributed by atoms with Crippen LogP contribution in [-0.2, 0) is 0 Å². The van der Waals surface area contributed by atoms with Gasteiger partial charge >= 0.3 is 0 Å². The first kappa shape index (κ1) is 13.1. The first-order valence-corrected chi connectivity index (χ1v) is 5.81. The second-order valence-electron chi connectivity index (χ2n) is 4.21. The van der Waals surface area contributed by atoms with Crippen molar-refractivity contribution in [1.29, 1.82) is 0 Å². The minimum Gasteiger partial charge on any atom is -0.289 e. The number of allylic oxidation sites excluding steroid dienone is 1. The predicted octanol–water partition coefficient (Wildman–Crippen LogP) is 4.17. The zero-order valence-corrected chi connectivity index (χ0v) is 10.4. The fourth-order valence-corrected chi connectivity index (χ4v) is 1.76. The maximum absolute atomic E-state index is 13.4. The summed E-state index contributed by atoms with van der Waals surface area (Å²) in [5, 5.41) is 0. The average molecular weight is 258 g/mol. The third kappa shape index (κ3) is 3.13. The molecule has 2 aromatic carbocycles. The molecule has 0 saturated heterocycles. The number of ketones is 1. The van der Waals surface area contributed by atoms with Crippen LogP contribution in [-0.4, -0.2) is 5.78 Å². The van der Waals surface area contributed by atoms with Crippen molar-refractivity contribution in [3.63, 3.8) is 0 Å². The van der Waals surface area contributed by atoms with E-state index in [0.29, 0.717) is 0 Å². The van der Waals surface area contributed by atoms with E-state index in [0.717, 1.165) is 23.3 Å². The molecule has 0 saturated carbocycles. The van der Waals surface area contributed by atoms with Gasteiger partial charge in [0.1, 0.15) is 11.6 Å². The molecular weight excluding hydrogens is 246 g/mol. The van der Waals surface area contributed by atoms with E-state index in [9.17, 15) is 13.6 Å². The molecule has 2 rings (SSSR count). The van der Waals surface area contributed by atoms with Crippen molar-refractivity contribution >= 4 is 11.9 Å². The molecule has 19 heavy (non-hydrogen) atoms. The van der Waals surface area contributed by atoms with Crippen LogP contribution in [0.3, 0.4) is 0 Å². The normalized spacial score (nSPS) is 10.9. The van der Waals surface area contributed by atoms with Crippen molar-refractivity contribution in [2.75, 3.05) is 0 Å². The van der Waals surface area contributed by atoms with E-state index in [1.807, 2.05) is 31.2 Å². The summed E-state index contributed by atoms with van der Waals surface area (Å²) in [5.41, 5.74) is 1.34. The van der Waals surface area contributed by atoms with E-state index >= 15 is 0 Å². The zero-order chi connectivity index (χ0) is 13.8. The van der Waals surface area contributed by atoms with Crippen LogP contribution >= 0.6 is 0 Å². The highest BCUT2D eigenvalue weighted by molar-refractivity contribution is 6.07. The van der Waals surface area contributed by atoms with Crippen LogP contribution in [0.1, 0.15) is 21.5 Å². The summed E-state index contributed by atoms with van der Waals surface area (Å²) in [5.74, 6) is -2.38. The van der Waals surface area contributed by atoms with E-state index in [4.69, 9.17) is 0 Å². The molecule has 0 aromatic heterocycles. The zero-order valence-electron chi connectivity index (χ0n) is 10.4. The summed E-state index contributed by atoms with van der Waals surface area (Å²) in [6.45, 7) is 1.93. The Labute approximate surface area is 110 Å². The van der Waals surface area contributed by atoms with Gasteiger partial charge in [0.05, 0.1) is 5.56 Å². The van der Waals surface area contributed by atoms with Gasteiger partial charge < -0.3 is 0 Å². The fraction of sp³-hybridized carbons (Fsp3) is 0.0625. The lowest BCUT2D eigenvalue weighted by atomic mass is 10.1. The van der Waals surface area contributed by atoms with Gasteiger partial charge in [-0.05, 0) is 30.7 Å². The molecule has 0 aliphatic carbocycles. The first-order chi connectivity index (χ1) is 9.08. The van der Waals surface area contributed by atoms with Crippen LogP contribution in [0.25, 0.3) is 6.08 Å². The summed E-state index contributed by atoms with van der Waals surface area (Å²) < 4.78 is 26.8. The number of hydrogen-bond donors (Lipinski definition) is 0. The molecule has 0 spiro atoms. The Bertz CT molecular complexity index is 625. The van der Waals surface area contributed by atoms with Crippen molar-refractivity contribution < 1.29 is 13.6 Å². The third-order valence-electron chi connectivity index (χ3n) is 2.68. The summed E-state index contributed by atoms with van der Waals surface area (Å²) in [6, 6.07) is 10.8. The lowest BCUT2D eigenvalue weighted by Crippen LogP contribution is -2.02. The number of rotatable bonds is 3. The Kier molecular flexibility index (Phi) is 3.85. The van der Waals surface area contributed by atoms with Crippen molar-refractivity contribution in [2.45, 2.75) is 6.92 Å². The number of aryl methyl sites for hydroxylation is 1. The summed E-state index contributed by atoms with van der Waals surface area (Å²) >= 11 is 0. The molecule has 0 fully saturated rings. The highest BCUT2D eigenvalue weighted by Gasteiger charge is 2.14. The fourth-order valence-electron chi connectivity index (χ4n) is 1.76. The van der Waals surface area contributed by atoms with Crippen LogP contribution in [0.4, 0.5) is 8.78 Å². The monoisotopic (exact) mass is 258 g/mol. The van der Waals surface area contributed by atoms with E-state index < -0.39 is 23.0 Å².